The fourth-order valence-corrected chi connectivity index (χ4v) is 4.27. The molecule has 3 amide bonds. The smallest absolute Gasteiger partial charge is 0.253 e. The lowest BCUT2D eigenvalue weighted by Crippen LogP contribution is -2.30. The summed E-state index contributed by atoms with van der Waals surface area (Å²) >= 11 is 0. The molecule has 0 saturated carbocycles. The Labute approximate surface area is 203 Å². The zero-order chi connectivity index (χ0) is 24.4. The van der Waals surface area contributed by atoms with E-state index in [1.165, 1.54) is 0 Å². The van der Waals surface area contributed by atoms with Gasteiger partial charge in [0.1, 0.15) is 0 Å². The van der Waals surface area contributed by atoms with Crippen LogP contribution in [0.1, 0.15) is 28.8 Å². The number of hydrogen-bond donors (Lipinski definition) is 0. The van der Waals surface area contributed by atoms with Crippen LogP contribution in [0, 0.1) is 0 Å². The first-order valence-electron chi connectivity index (χ1n) is 11.4. The Morgan fingerprint density at radius 2 is 1.49 bits per heavy atom. The van der Waals surface area contributed by atoms with E-state index in [0.717, 1.165) is 27.4 Å². The van der Waals surface area contributed by atoms with Crippen molar-refractivity contribution >= 4 is 23.4 Å². The van der Waals surface area contributed by atoms with Crippen molar-refractivity contribution < 1.29 is 14.4 Å². The summed E-state index contributed by atoms with van der Waals surface area (Å²) in [5, 5.41) is 4.82. The summed E-state index contributed by atoms with van der Waals surface area (Å²) in [6.07, 6.45) is 2.34. The lowest BCUT2D eigenvalue weighted by molar-refractivity contribution is -0.121. The average Bonchev–Trinajstić information content (AvgIpc) is 3.47. The third kappa shape index (κ3) is 4.48. The molecular weight excluding hydrogens is 440 g/mol. The number of benzene rings is 3. The minimum absolute atomic E-state index is 0.199. The first kappa shape index (κ1) is 22.3. The monoisotopic (exact) mass is 464 g/mol. The van der Waals surface area contributed by atoms with E-state index in [4.69, 9.17) is 5.10 Å². The Kier molecular flexibility index (Phi) is 5.97. The number of nitrogens with zero attached hydrogens (tertiary/aromatic N) is 4. The van der Waals surface area contributed by atoms with E-state index in [1.807, 2.05) is 71.5 Å². The van der Waals surface area contributed by atoms with E-state index in [1.54, 1.807) is 36.2 Å². The molecule has 0 unspecified atom stereocenters. The van der Waals surface area contributed by atoms with Gasteiger partial charge in [0.2, 0.25) is 11.8 Å². The lowest BCUT2D eigenvalue weighted by atomic mass is 10.1. The van der Waals surface area contributed by atoms with Gasteiger partial charge in [-0.25, -0.2) is 4.68 Å². The molecule has 1 aliphatic heterocycles. The number of rotatable bonds is 6. The summed E-state index contributed by atoms with van der Waals surface area (Å²) in [6.45, 7) is 0.335. The first-order valence-corrected chi connectivity index (χ1v) is 11.4. The van der Waals surface area contributed by atoms with Gasteiger partial charge in [0.15, 0.2) is 0 Å². The summed E-state index contributed by atoms with van der Waals surface area (Å²) in [4.78, 5) is 40.4. The van der Waals surface area contributed by atoms with Gasteiger partial charge in [0, 0.05) is 49.3 Å². The van der Waals surface area contributed by atoms with Gasteiger partial charge in [-0.3, -0.25) is 19.3 Å². The molecule has 1 aliphatic rings. The predicted octanol–water partition coefficient (Wildman–Crippen LogP) is 4.46. The maximum atomic E-state index is 13.3. The number of para-hydroxylation sites is 1. The number of carbonyl (C=O) groups excluding carboxylic acids is 3. The Hall–Kier alpha value is -4.52. The molecule has 35 heavy (non-hydrogen) atoms. The number of anilines is 1. The second kappa shape index (κ2) is 9.38. The number of aromatic nitrogens is 2. The fourth-order valence-electron chi connectivity index (χ4n) is 4.27. The molecule has 5 rings (SSSR count). The first-order chi connectivity index (χ1) is 17.0. The Morgan fingerprint density at radius 1 is 0.857 bits per heavy atom. The maximum Gasteiger partial charge on any atom is 0.253 e. The molecule has 2 heterocycles. The van der Waals surface area contributed by atoms with Gasteiger partial charge < -0.3 is 4.90 Å². The lowest BCUT2D eigenvalue weighted by Gasteiger charge is -2.19. The van der Waals surface area contributed by atoms with Crippen LogP contribution in [0.4, 0.5) is 5.69 Å². The van der Waals surface area contributed by atoms with Crippen molar-refractivity contribution in [1.82, 2.24) is 14.7 Å². The van der Waals surface area contributed by atoms with Crippen molar-refractivity contribution in [3.8, 4) is 16.9 Å². The highest BCUT2D eigenvalue weighted by Crippen LogP contribution is 2.27. The third-order valence-corrected chi connectivity index (χ3v) is 6.02. The van der Waals surface area contributed by atoms with Crippen LogP contribution >= 0.6 is 0 Å². The van der Waals surface area contributed by atoms with Crippen molar-refractivity contribution in [1.29, 1.82) is 0 Å². The molecule has 1 saturated heterocycles. The molecule has 0 radical (unpaired) electrons. The summed E-state index contributed by atoms with van der Waals surface area (Å²) in [5.74, 6) is -0.694. The molecule has 1 aromatic heterocycles. The SMILES string of the molecule is CN(Cc1cn(-c2ccccc2)nc1-c1ccccc1)C(=O)c1cccc(N2C(=O)CCC2=O)c1. The second-order valence-corrected chi connectivity index (χ2v) is 8.48. The molecular formula is C28H24N4O3. The van der Waals surface area contributed by atoms with Crippen LogP contribution in [-0.4, -0.2) is 39.4 Å². The Morgan fingerprint density at radius 3 is 2.17 bits per heavy atom. The van der Waals surface area contributed by atoms with Gasteiger partial charge in [-0.1, -0.05) is 54.6 Å². The van der Waals surface area contributed by atoms with E-state index in [-0.39, 0.29) is 30.6 Å². The van der Waals surface area contributed by atoms with E-state index in [9.17, 15) is 14.4 Å². The van der Waals surface area contributed by atoms with Crippen LogP contribution in [0.3, 0.4) is 0 Å². The minimum atomic E-state index is -0.242. The molecule has 0 bridgehead atoms. The Balaban J connectivity index is 1.44. The van der Waals surface area contributed by atoms with E-state index in [2.05, 4.69) is 0 Å². The topological polar surface area (TPSA) is 75.5 Å². The van der Waals surface area contributed by atoms with Crippen LogP contribution in [0.15, 0.2) is 91.1 Å². The Bertz CT molecular complexity index is 1380. The highest BCUT2D eigenvalue weighted by atomic mass is 16.2. The molecule has 4 aromatic rings. The van der Waals surface area contributed by atoms with Crippen LogP contribution in [-0.2, 0) is 16.1 Å². The fraction of sp³-hybridized carbons (Fsp3) is 0.143. The zero-order valence-electron chi connectivity index (χ0n) is 19.3. The van der Waals surface area contributed by atoms with Crippen LogP contribution in [0.25, 0.3) is 16.9 Å². The van der Waals surface area contributed by atoms with Crippen LogP contribution in [0.5, 0.6) is 0 Å². The second-order valence-electron chi connectivity index (χ2n) is 8.48. The standard InChI is InChI=1S/C28H24N4O3/c1-30(28(35)21-11-8-14-24(17-21)32-25(33)15-16-26(32)34)18-22-19-31(23-12-6-3-7-13-23)29-27(22)20-9-4-2-5-10-20/h2-14,17,19H,15-16,18H2,1H3. The molecule has 1 fully saturated rings. The number of hydrogen-bond acceptors (Lipinski definition) is 4. The molecule has 3 aromatic carbocycles. The summed E-state index contributed by atoms with van der Waals surface area (Å²) in [6, 6.07) is 26.4. The molecule has 0 spiro atoms. The van der Waals surface area contributed by atoms with Gasteiger partial charge in [0.05, 0.1) is 17.1 Å². The van der Waals surface area contributed by atoms with Gasteiger partial charge in [-0.2, -0.15) is 5.10 Å². The zero-order valence-corrected chi connectivity index (χ0v) is 19.3. The minimum Gasteiger partial charge on any atom is -0.337 e. The number of carbonyl (C=O) groups is 3. The number of amides is 3. The molecule has 7 heteroatoms. The highest BCUT2D eigenvalue weighted by Gasteiger charge is 2.30. The van der Waals surface area contributed by atoms with Gasteiger partial charge in [-0.05, 0) is 30.3 Å². The van der Waals surface area contributed by atoms with Crippen molar-refractivity contribution in [3.05, 3.63) is 102 Å². The van der Waals surface area contributed by atoms with Crippen molar-refractivity contribution in [2.45, 2.75) is 19.4 Å². The van der Waals surface area contributed by atoms with E-state index in [0.29, 0.717) is 17.8 Å². The average molecular weight is 465 g/mol. The summed E-state index contributed by atoms with van der Waals surface area (Å²) in [5.41, 5.74) is 4.43. The molecule has 0 aliphatic carbocycles. The van der Waals surface area contributed by atoms with Crippen molar-refractivity contribution in [3.63, 3.8) is 0 Å². The highest BCUT2D eigenvalue weighted by molar-refractivity contribution is 6.20. The summed E-state index contributed by atoms with van der Waals surface area (Å²) in [7, 11) is 1.73. The maximum absolute atomic E-state index is 13.3. The number of imide groups is 1. The van der Waals surface area contributed by atoms with Crippen molar-refractivity contribution in [2.75, 3.05) is 11.9 Å². The van der Waals surface area contributed by atoms with Crippen LogP contribution in [0.2, 0.25) is 0 Å². The molecule has 0 N–H and O–H groups in total. The molecule has 174 valence electrons. The van der Waals surface area contributed by atoms with E-state index >= 15 is 0 Å². The predicted molar refractivity (Wildman–Crippen MR) is 133 cm³/mol. The quantitative estimate of drug-likeness (QED) is 0.395. The van der Waals surface area contributed by atoms with Gasteiger partial charge in [0.25, 0.3) is 5.91 Å². The molecule has 0 atom stereocenters. The van der Waals surface area contributed by atoms with Gasteiger partial charge >= 0.3 is 0 Å². The van der Waals surface area contributed by atoms with E-state index < -0.39 is 0 Å². The summed E-state index contributed by atoms with van der Waals surface area (Å²) < 4.78 is 1.82. The van der Waals surface area contributed by atoms with Crippen molar-refractivity contribution in [2.24, 2.45) is 0 Å². The largest absolute Gasteiger partial charge is 0.337 e. The van der Waals surface area contributed by atoms with Gasteiger partial charge in [-0.15, -0.1) is 0 Å². The van der Waals surface area contributed by atoms with Crippen LogP contribution < -0.4 is 4.90 Å². The normalized spacial score (nSPS) is 13.3. The molecule has 7 nitrogen and oxygen atoms in total. The third-order valence-electron chi connectivity index (χ3n) is 6.02.